The zero-order valence-electron chi connectivity index (χ0n) is 26.2. The first-order chi connectivity index (χ1) is 23.8. The highest BCUT2D eigenvalue weighted by Crippen LogP contribution is 2.43. The second-order valence-electron chi connectivity index (χ2n) is 12.6. The molecule has 0 radical (unpaired) electrons. The summed E-state index contributed by atoms with van der Waals surface area (Å²) in [5, 5.41) is 12.6. The Morgan fingerprint density at radius 1 is 0.312 bits per heavy atom. The van der Waals surface area contributed by atoms with E-state index in [4.69, 9.17) is 0 Å². The molecule has 48 heavy (non-hydrogen) atoms. The van der Waals surface area contributed by atoms with Gasteiger partial charge in [0.05, 0.1) is 16.7 Å². The maximum absolute atomic E-state index is 2.41. The summed E-state index contributed by atoms with van der Waals surface area (Å²) in [6, 6.07) is 66.3. The number of fused-ring (bicyclic) bond motifs is 9. The number of para-hydroxylation sites is 2. The maximum atomic E-state index is 2.41. The molecule has 0 amide bonds. The molecule has 0 N–H and O–H groups in total. The fourth-order valence-corrected chi connectivity index (χ4v) is 7.73. The van der Waals surface area contributed by atoms with Crippen LogP contribution in [0.2, 0.25) is 0 Å². The first-order valence-electron chi connectivity index (χ1n) is 16.5. The average molecular weight is 611 g/mol. The molecule has 0 spiro atoms. The van der Waals surface area contributed by atoms with Gasteiger partial charge in [-0.25, -0.2) is 0 Å². The van der Waals surface area contributed by atoms with Crippen molar-refractivity contribution in [2.75, 3.05) is 4.90 Å². The van der Waals surface area contributed by atoms with Gasteiger partial charge in [0.2, 0.25) is 0 Å². The minimum atomic E-state index is 1.13. The van der Waals surface area contributed by atoms with Crippen LogP contribution >= 0.6 is 0 Å². The minimum absolute atomic E-state index is 1.13. The summed E-state index contributed by atoms with van der Waals surface area (Å²) < 4.78 is 2.40. The average Bonchev–Trinajstić information content (AvgIpc) is 3.49. The molecule has 0 atom stereocenters. The van der Waals surface area contributed by atoms with Crippen molar-refractivity contribution < 1.29 is 0 Å². The van der Waals surface area contributed by atoms with E-state index in [0.29, 0.717) is 0 Å². The largest absolute Gasteiger partial charge is 0.310 e. The first kappa shape index (κ1) is 26.8. The SMILES string of the molecule is c1ccc(N(c2ccc3c(c2)c2ccccc2n3-c2ccc3ccccc3c2)c2cccc3c2ccc2c4ccccc4ccc32)cc1. The quantitative estimate of drug-likeness (QED) is 0.180. The molecular weight excluding hydrogens is 581 g/mol. The predicted molar refractivity (Wildman–Crippen MR) is 205 cm³/mol. The van der Waals surface area contributed by atoms with Crippen LogP contribution in [-0.4, -0.2) is 4.57 Å². The van der Waals surface area contributed by atoms with E-state index in [1.165, 1.54) is 70.6 Å². The summed E-state index contributed by atoms with van der Waals surface area (Å²) in [6.45, 7) is 0. The van der Waals surface area contributed by atoms with Gasteiger partial charge in [-0.15, -0.1) is 0 Å². The van der Waals surface area contributed by atoms with Crippen molar-refractivity contribution in [2.24, 2.45) is 0 Å². The van der Waals surface area contributed by atoms with Gasteiger partial charge < -0.3 is 9.47 Å². The number of benzene rings is 9. The predicted octanol–water partition coefficient (Wildman–Crippen LogP) is 12.9. The Labute approximate surface area is 278 Å². The number of hydrogen-bond acceptors (Lipinski definition) is 1. The van der Waals surface area contributed by atoms with E-state index in [0.717, 1.165) is 17.1 Å². The zero-order chi connectivity index (χ0) is 31.6. The molecule has 2 heteroatoms. The lowest BCUT2D eigenvalue weighted by molar-refractivity contribution is 1.18. The fourth-order valence-electron chi connectivity index (χ4n) is 7.73. The van der Waals surface area contributed by atoms with Crippen molar-refractivity contribution in [1.29, 1.82) is 0 Å². The monoisotopic (exact) mass is 610 g/mol. The molecule has 9 aromatic carbocycles. The van der Waals surface area contributed by atoms with Gasteiger partial charge in [-0.2, -0.15) is 0 Å². The molecule has 0 bridgehead atoms. The van der Waals surface area contributed by atoms with Crippen molar-refractivity contribution in [3.8, 4) is 5.69 Å². The molecule has 0 aliphatic rings. The molecule has 0 aliphatic carbocycles. The second-order valence-corrected chi connectivity index (χ2v) is 12.6. The Bertz CT molecular complexity index is 2840. The lowest BCUT2D eigenvalue weighted by Crippen LogP contribution is -2.10. The normalized spacial score (nSPS) is 11.8. The number of aromatic nitrogens is 1. The van der Waals surface area contributed by atoms with Gasteiger partial charge in [-0.05, 0) is 92.3 Å². The minimum Gasteiger partial charge on any atom is -0.310 e. The van der Waals surface area contributed by atoms with Crippen LogP contribution in [0, 0.1) is 0 Å². The molecule has 10 aromatic rings. The molecular formula is C46H30N2. The number of anilines is 3. The lowest BCUT2D eigenvalue weighted by atomic mass is 9.96. The molecule has 2 nitrogen and oxygen atoms in total. The van der Waals surface area contributed by atoms with Crippen LogP contribution in [0.5, 0.6) is 0 Å². The standard InChI is InChI=1S/C46H30N2/c1-2-14-34(15-3-1)47(44-20-10-18-38-40-25-22-32-12-6-7-16-37(32)39(40)26-27-42(38)44)36-24-28-46-43(30-36)41-17-8-9-19-45(41)48(46)35-23-21-31-11-4-5-13-33(31)29-35/h1-30H. The van der Waals surface area contributed by atoms with Crippen molar-refractivity contribution in [3.05, 3.63) is 182 Å². The molecule has 10 rings (SSSR count). The highest BCUT2D eigenvalue weighted by atomic mass is 15.1. The summed E-state index contributed by atoms with van der Waals surface area (Å²) in [5.41, 5.74) is 6.98. The summed E-state index contributed by atoms with van der Waals surface area (Å²) in [4.78, 5) is 2.41. The zero-order valence-corrected chi connectivity index (χ0v) is 26.2. The van der Waals surface area contributed by atoms with E-state index in [1.54, 1.807) is 0 Å². The van der Waals surface area contributed by atoms with E-state index in [-0.39, 0.29) is 0 Å². The van der Waals surface area contributed by atoms with Gasteiger partial charge in [0.15, 0.2) is 0 Å². The lowest BCUT2D eigenvalue weighted by Gasteiger charge is -2.27. The third-order valence-corrected chi connectivity index (χ3v) is 9.92. The van der Waals surface area contributed by atoms with E-state index in [9.17, 15) is 0 Å². The molecule has 0 saturated carbocycles. The molecule has 1 heterocycles. The molecule has 1 aromatic heterocycles. The van der Waals surface area contributed by atoms with Gasteiger partial charge >= 0.3 is 0 Å². The van der Waals surface area contributed by atoms with Crippen molar-refractivity contribution in [1.82, 2.24) is 4.57 Å². The van der Waals surface area contributed by atoms with Gasteiger partial charge in [-0.3, -0.25) is 0 Å². The third-order valence-electron chi connectivity index (χ3n) is 9.92. The highest BCUT2D eigenvalue weighted by molar-refractivity contribution is 6.20. The first-order valence-corrected chi connectivity index (χ1v) is 16.5. The topological polar surface area (TPSA) is 8.17 Å². The van der Waals surface area contributed by atoms with Crippen LogP contribution in [0.25, 0.3) is 70.6 Å². The van der Waals surface area contributed by atoms with Crippen molar-refractivity contribution in [3.63, 3.8) is 0 Å². The van der Waals surface area contributed by atoms with Crippen LogP contribution in [0.1, 0.15) is 0 Å². The number of rotatable bonds is 4. The Morgan fingerprint density at radius 2 is 0.938 bits per heavy atom. The van der Waals surface area contributed by atoms with E-state index < -0.39 is 0 Å². The smallest absolute Gasteiger partial charge is 0.0542 e. The van der Waals surface area contributed by atoms with Gasteiger partial charge in [0.1, 0.15) is 0 Å². The third kappa shape index (κ3) is 4.06. The number of nitrogens with zero attached hydrogens (tertiary/aromatic N) is 2. The van der Waals surface area contributed by atoms with Crippen LogP contribution in [-0.2, 0) is 0 Å². The summed E-state index contributed by atoms with van der Waals surface area (Å²) in [6.07, 6.45) is 0. The molecule has 0 unspecified atom stereocenters. The number of hydrogen-bond donors (Lipinski definition) is 0. The Hall–Kier alpha value is -6.38. The van der Waals surface area contributed by atoms with Crippen molar-refractivity contribution >= 4 is 82.0 Å². The molecule has 224 valence electrons. The highest BCUT2D eigenvalue weighted by Gasteiger charge is 2.19. The van der Waals surface area contributed by atoms with Crippen LogP contribution in [0.3, 0.4) is 0 Å². The Morgan fingerprint density at radius 3 is 1.83 bits per heavy atom. The molecule has 0 fully saturated rings. The van der Waals surface area contributed by atoms with Crippen LogP contribution < -0.4 is 4.90 Å². The van der Waals surface area contributed by atoms with Crippen molar-refractivity contribution in [2.45, 2.75) is 0 Å². The molecule has 0 aliphatic heterocycles. The fraction of sp³-hybridized carbons (Fsp3) is 0. The van der Waals surface area contributed by atoms with Crippen LogP contribution in [0.4, 0.5) is 17.1 Å². The van der Waals surface area contributed by atoms with E-state index in [1.807, 2.05) is 0 Å². The van der Waals surface area contributed by atoms with Gasteiger partial charge in [0.25, 0.3) is 0 Å². The van der Waals surface area contributed by atoms with Gasteiger partial charge in [-0.1, -0.05) is 127 Å². The summed E-state index contributed by atoms with van der Waals surface area (Å²) in [7, 11) is 0. The van der Waals surface area contributed by atoms with E-state index in [2.05, 4.69) is 191 Å². The van der Waals surface area contributed by atoms with Gasteiger partial charge in [0, 0.05) is 33.2 Å². The maximum Gasteiger partial charge on any atom is 0.0542 e. The van der Waals surface area contributed by atoms with E-state index >= 15 is 0 Å². The summed E-state index contributed by atoms with van der Waals surface area (Å²) in [5.74, 6) is 0. The second kappa shape index (κ2) is 10.6. The van der Waals surface area contributed by atoms with Crippen LogP contribution in [0.15, 0.2) is 182 Å². The Kier molecular flexibility index (Phi) is 5.91. The molecule has 0 saturated heterocycles. The Balaban J connectivity index is 1.22. The summed E-state index contributed by atoms with van der Waals surface area (Å²) >= 11 is 0.